The molecule has 10 nitrogen and oxygen atoms in total. The van der Waals surface area contributed by atoms with Crippen LogP contribution in [-0.4, -0.2) is 77.4 Å². The van der Waals surface area contributed by atoms with Crippen LogP contribution in [0.4, 0.5) is 95.5 Å². The molecule has 4 aromatic rings. The van der Waals surface area contributed by atoms with Gasteiger partial charge in [-0.2, -0.15) is 79.0 Å². The zero-order valence-electron chi connectivity index (χ0n) is 45.6. The highest BCUT2D eigenvalue weighted by molar-refractivity contribution is 9.10. The summed E-state index contributed by atoms with van der Waals surface area (Å²) in [6.45, 7) is 13.6. The van der Waals surface area contributed by atoms with Crippen LogP contribution in [0.2, 0.25) is 0 Å². The van der Waals surface area contributed by atoms with Crippen molar-refractivity contribution in [1.29, 1.82) is 0 Å². The number of rotatable bonds is 8. The number of carbonyl (C=O) groups excluding carboxylic acids is 2. The predicted octanol–water partition coefficient (Wildman–Crippen LogP) is 16.7. The number of esters is 1. The van der Waals surface area contributed by atoms with E-state index in [9.17, 15) is 88.6 Å². The number of carbonyl (C=O) groups is 2. The van der Waals surface area contributed by atoms with Crippen LogP contribution in [-0.2, 0) is 67.5 Å². The Labute approximate surface area is 482 Å². The van der Waals surface area contributed by atoms with Gasteiger partial charge in [0, 0.05) is 39.1 Å². The quantitative estimate of drug-likeness (QED) is 0.104. The Morgan fingerprint density at radius 2 is 0.819 bits per heavy atom. The number of nitrogens with zero attached hydrogens (tertiary/aromatic N) is 4. The first kappa shape index (κ1) is 70.2. The van der Waals surface area contributed by atoms with Gasteiger partial charge in [-0.25, -0.2) is 14.8 Å². The Kier molecular flexibility index (Phi) is 21.1. The number of aryl methyl sites for hydroxylation is 1. The van der Waals surface area contributed by atoms with Crippen molar-refractivity contribution in [1.82, 2.24) is 9.97 Å². The van der Waals surface area contributed by atoms with E-state index in [0.717, 1.165) is 4.90 Å². The summed E-state index contributed by atoms with van der Waals surface area (Å²) in [4.78, 5) is 33.7. The zero-order valence-corrected chi connectivity index (χ0v) is 48.8. The number of hydrogen-bond acceptors (Lipinski definition) is 10. The van der Waals surface area contributed by atoms with Gasteiger partial charge in [-0.3, -0.25) is 4.79 Å². The predicted molar refractivity (Wildman–Crippen MR) is 275 cm³/mol. The van der Waals surface area contributed by atoms with Gasteiger partial charge in [-0.05, 0) is 184 Å². The number of alkyl halides is 18. The van der Waals surface area contributed by atoms with Crippen molar-refractivity contribution >= 4 is 55.6 Å². The van der Waals surface area contributed by atoms with E-state index in [1.807, 2.05) is 0 Å². The standard InChI is InChI=1S/C25H24BrF9N2O2.C19H15BrF9N3.C9H18O3/c1-21(2,3)39-19(38)7-5-14-4-6-18(36-20(14)26)37-9-8-22(13-37,25(33,34)35)15-10-16(23(27,28)29)12-17(11-15)24(30,31)32;20-15-10(8-30)1-2-14(31-15)32-4-3-16(9-32,19(27,28)29)11-5-12(17(21,22)23)7-13(6-11)18(24,25)26;1-8(2,3)11-7(10)12-9(4,5)6/h4,6,10-12H,5,7-9,13H2,1-3H3;1-2,5-7H,3-4,8-9,30H2;1-6H3. The molecule has 2 unspecified atom stereocenters. The van der Waals surface area contributed by atoms with Crippen LogP contribution in [0, 0.1) is 0 Å². The van der Waals surface area contributed by atoms with E-state index in [4.69, 9.17) is 19.9 Å². The lowest BCUT2D eigenvalue weighted by molar-refractivity contribution is -0.185. The van der Waals surface area contributed by atoms with E-state index >= 15 is 0 Å². The second-order valence-corrected chi connectivity index (χ2v) is 23.8. The molecule has 0 amide bonds. The van der Waals surface area contributed by atoms with Gasteiger partial charge in [0.05, 0.1) is 22.3 Å². The molecule has 4 heterocycles. The van der Waals surface area contributed by atoms with Gasteiger partial charge < -0.3 is 29.7 Å². The fourth-order valence-corrected chi connectivity index (χ4v) is 9.47. The van der Waals surface area contributed by atoms with Crippen LogP contribution in [0.25, 0.3) is 0 Å². The number of benzene rings is 2. The lowest BCUT2D eigenvalue weighted by Gasteiger charge is -2.33. The molecule has 2 aromatic carbocycles. The molecule has 2 aromatic heterocycles. The van der Waals surface area contributed by atoms with Crippen molar-refractivity contribution in [3.8, 4) is 0 Å². The Hall–Kier alpha value is -5.26. The Morgan fingerprint density at radius 1 is 0.506 bits per heavy atom. The highest BCUT2D eigenvalue weighted by Crippen LogP contribution is 2.53. The molecule has 2 saturated heterocycles. The largest absolute Gasteiger partial charge is 0.509 e. The van der Waals surface area contributed by atoms with Gasteiger partial charge in [0.1, 0.15) is 48.5 Å². The first-order valence-electron chi connectivity index (χ1n) is 24.7. The molecule has 6 rings (SSSR count). The fourth-order valence-electron chi connectivity index (χ4n) is 8.48. The van der Waals surface area contributed by atoms with E-state index in [2.05, 4.69) is 41.8 Å². The van der Waals surface area contributed by atoms with E-state index in [-0.39, 0.29) is 89.7 Å². The maximum absolute atomic E-state index is 14.4. The monoisotopic (exact) mass is 1340 g/mol. The molecule has 2 N–H and O–H groups in total. The Balaban J connectivity index is 0.000000302. The second-order valence-electron chi connectivity index (χ2n) is 22.3. The second kappa shape index (κ2) is 25.0. The van der Waals surface area contributed by atoms with Crippen LogP contribution in [0.1, 0.15) is 126 Å². The molecule has 83 heavy (non-hydrogen) atoms. The van der Waals surface area contributed by atoms with Crippen molar-refractivity contribution in [2.75, 3.05) is 36.0 Å². The van der Waals surface area contributed by atoms with Crippen LogP contribution in [0.3, 0.4) is 0 Å². The van der Waals surface area contributed by atoms with Crippen LogP contribution in [0.15, 0.2) is 69.9 Å². The topological polar surface area (TPSA) is 120 Å². The molecular formula is C53H57Br2F18N5O5. The van der Waals surface area contributed by atoms with Crippen LogP contribution < -0.4 is 15.5 Å². The fraction of sp³-hybridized carbons (Fsp3) is 0.547. The van der Waals surface area contributed by atoms with E-state index in [1.165, 1.54) is 29.2 Å². The maximum Gasteiger partial charge on any atom is 0.509 e. The number of hydrogen-bond donors (Lipinski definition) is 1. The van der Waals surface area contributed by atoms with E-state index < -0.39 is 136 Å². The number of nitrogens with two attached hydrogens (primary N) is 1. The maximum atomic E-state index is 14.4. The molecule has 30 heteroatoms. The minimum absolute atomic E-state index is 0.00881. The molecule has 2 aliphatic heterocycles. The van der Waals surface area contributed by atoms with Gasteiger partial charge >= 0.3 is 49.2 Å². The Morgan fingerprint density at radius 3 is 1.08 bits per heavy atom. The average molecular weight is 1350 g/mol. The zero-order chi connectivity index (χ0) is 63.7. The molecule has 0 spiro atoms. The highest BCUT2D eigenvalue weighted by Gasteiger charge is 2.61. The van der Waals surface area contributed by atoms with Crippen molar-refractivity contribution in [3.05, 3.63) is 114 Å². The first-order chi connectivity index (χ1) is 37.3. The molecule has 0 bridgehead atoms. The minimum Gasteiger partial charge on any atom is -0.460 e. The van der Waals surface area contributed by atoms with E-state index in [0.29, 0.717) is 11.1 Å². The molecular weight excluding hydrogens is 1290 g/mol. The lowest BCUT2D eigenvalue weighted by Crippen LogP contribution is -2.45. The summed E-state index contributed by atoms with van der Waals surface area (Å²) in [7, 11) is 0. The first-order valence-corrected chi connectivity index (χ1v) is 26.3. The summed E-state index contributed by atoms with van der Waals surface area (Å²) in [5.74, 6) is -0.340. The number of pyridine rings is 2. The number of ether oxygens (including phenoxy) is 3. The van der Waals surface area contributed by atoms with Gasteiger partial charge in [0.15, 0.2) is 0 Å². The molecule has 0 saturated carbocycles. The Bertz CT molecular complexity index is 2840. The van der Waals surface area contributed by atoms with Crippen molar-refractivity contribution in [3.63, 3.8) is 0 Å². The summed E-state index contributed by atoms with van der Waals surface area (Å²) < 4.78 is 261. The van der Waals surface area contributed by atoms with Crippen molar-refractivity contribution in [2.24, 2.45) is 5.73 Å². The molecule has 2 fully saturated rings. The van der Waals surface area contributed by atoms with Crippen molar-refractivity contribution in [2.45, 2.75) is 159 Å². The third kappa shape index (κ3) is 18.9. The molecule has 0 radical (unpaired) electrons. The molecule has 0 aliphatic carbocycles. The van der Waals surface area contributed by atoms with Gasteiger partial charge in [0.2, 0.25) is 0 Å². The third-order valence-corrected chi connectivity index (χ3v) is 13.8. The van der Waals surface area contributed by atoms with Gasteiger partial charge in [0.25, 0.3) is 0 Å². The van der Waals surface area contributed by atoms with Gasteiger partial charge in [-0.15, -0.1) is 0 Å². The molecule has 2 aliphatic rings. The van der Waals surface area contributed by atoms with Gasteiger partial charge in [-0.1, -0.05) is 12.1 Å². The molecule has 2 atom stereocenters. The van der Waals surface area contributed by atoms with E-state index in [1.54, 1.807) is 62.3 Å². The smallest absolute Gasteiger partial charge is 0.460 e. The SMILES string of the molecule is CC(C)(C)OC(=O)CCc1ccc(N2CCC(c3cc(C(F)(F)F)cc(C(F)(F)F)c3)(C(F)(F)F)C2)nc1Br.CC(C)(C)OC(=O)OC(C)(C)C.NCc1ccc(N2CCC(c3cc(C(F)(F)F)cc(C(F)(F)F)c3)(C(F)(F)F)C2)nc1Br. The normalized spacial score (nSPS) is 18.5. The van der Waals surface area contributed by atoms with Crippen LogP contribution in [0.5, 0.6) is 0 Å². The summed E-state index contributed by atoms with van der Waals surface area (Å²) in [5, 5.41) is 0. The number of anilines is 2. The van der Waals surface area contributed by atoms with Crippen LogP contribution >= 0.6 is 31.9 Å². The molecule has 464 valence electrons. The average Bonchev–Trinajstić information content (AvgIpc) is 2.86. The highest BCUT2D eigenvalue weighted by atomic mass is 79.9. The summed E-state index contributed by atoms with van der Waals surface area (Å²) >= 11 is 6.36. The number of aromatic nitrogens is 2. The number of halogens is 20. The summed E-state index contributed by atoms with van der Waals surface area (Å²) in [5.41, 5.74) is -10.4. The summed E-state index contributed by atoms with van der Waals surface area (Å²) in [6.07, 6.45) is -33.3. The third-order valence-electron chi connectivity index (χ3n) is 12.4. The minimum atomic E-state index is -5.29. The lowest BCUT2D eigenvalue weighted by atomic mass is 9.77. The summed E-state index contributed by atoms with van der Waals surface area (Å²) in [6, 6.07) is 5.99. The van der Waals surface area contributed by atoms with Crippen molar-refractivity contribution < 1.29 is 103 Å².